The van der Waals surface area contributed by atoms with E-state index in [0.717, 1.165) is 17.8 Å². The normalized spacial score (nSPS) is 37.7. The first kappa shape index (κ1) is 13.5. The van der Waals surface area contributed by atoms with Gasteiger partial charge in [0.15, 0.2) is 0 Å². The van der Waals surface area contributed by atoms with E-state index in [1.54, 1.807) is 0 Å². The van der Waals surface area contributed by atoms with Crippen molar-refractivity contribution in [2.75, 3.05) is 19.1 Å². The van der Waals surface area contributed by atoms with Crippen molar-refractivity contribution >= 4 is 10.8 Å². The lowest BCUT2D eigenvalue weighted by Gasteiger charge is -2.51. The summed E-state index contributed by atoms with van der Waals surface area (Å²) < 4.78 is 11.4. The maximum atomic E-state index is 11.4. The summed E-state index contributed by atoms with van der Waals surface area (Å²) in [6, 6.07) is 2.62. The molecule has 1 N–H and O–H groups in total. The van der Waals surface area contributed by atoms with Crippen LogP contribution >= 0.6 is 0 Å². The first-order valence-corrected chi connectivity index (χ1v) is 8.59. The molecule has 2 bridgehead atoms. The van der Waals surface area contributed by atoms with Gasteiger partial charge in [-0.3, -0.25) is 9.11 Å². The minimum atomic E-state index is -0.673. The highest BCUT2D eigenvalue weighted by Crippen LogP contribution is 2.35. The van der Waals surface area contributed by atoms with E-state index in [2.05, 4.69) is 24.2 Å². The quantitative estimate of drug-likeness (QED) is 0.826. The van der Waals surface area contributed by atoms with Gasteiger partial charge < -0.3 is 5.32 Å². The second-order valence-corrected chi connectivity index (χ2v) is 7.21. The number of hydrogen-bond acceptors (Lipinski definition) is 3. The molecule has 2 rings (SSSR count). The van der Waals surface area contributed by atoms with E-state index in [-0.39, 0.29) is 0 Å². The summed E-state index contributed by atoms with van der Waals surface area (Å²) in [7, 11) is 1.41. The molecule has 0 radical (unpaired) electrons. The fraction of sp³-hybridized carbons (Fsp3) is 1.00. The Morgan fingerprint density at radius 1 is 1.35 bits per heavy atom. The van der Waals surface area contributed by atoms with Gasteiger partial charge in [-0.1, -0.05) is 6.42 Å². The molecule has 0 saturated carbocycles. The van der Waals surface area contributed by atoms with Crippen LogP contribution in [0, 0.1) is 0 Å². The Balaban J connectivity index is 2.04. The Morgan fingerprint density at radius 3 is 2.41 bits per heavy atom. The summed E-state index contributed by atoms with van der Waals surface area (Å²) >= 11 is 0. The number of rotatable bonds is 4. The van der Waals surface area contributed by atoms with Gasteiger partial charge in [0.2, 0.25) is 0 Å². The minimum absolute atomic E-state index is 0.480. The van der Waals surface area contributed by atoms with Crippen molar-refractivity contribution < 1.29 is 4.21 Å². The number of fused-ring (bicyclic) bond motifs is 2. The molecule has 2 saturated heterocycles. The molecule has 0 aromatic rings. The molecule has 17 heavy (non-hydrogen) atoms. The van der Waals surface area contributed by atoms with Crippen LogP contribution in [0.4, 0.5) is 0 Å². The molecule has 2 heterocycles. The fourth-order valence-corrected chi connectivity index (χ4v) is 4.65. The maximum absolute atomic E-state index is 11.4. The van der Waals surface area contributed by atoms with Crippen LogP contribution in [0.2, 0.25) is 0 Å². The smallest absolute Gasteiger partial charge is 0.0385 e. The number of piperidine rings is 2. The summed E-state index contributed by atoms with van der Waals surface area (Å²) in [6.45, 7) is 2.26. The molecular formula is C13H26N2OS. The van der Waals surface area contributed by atoms with Crippen molar-refractivity contribution in [2.45, 2.75) is 63.2 Å². The SMILES string of the molecule is CNC1CC2CCCC(C1)N2C(C)CS(C)=O. The first-order chi connectivity index (χ1) is 8.11. The molecule has 0 spiro atoms. The average Bonchev–Trinajstić information content (AvgIpc) is 2.26. The topological polar surface area (TPSA) is 32.3 Å². The monoisotopic (exact) mass is 258 g/mol. The zero-order valence-electron chi connectivity index (χ0n) is 11.3. The van der Waals surface area contributed by atoms with Gasteiger partial charge >= 0.3 is 0 Å². The Hall–Kier alpha value is 0.0700. The molecule has 0 aliphatic carbocycles. The highest BCUT2D eigenvalue weighted by atomic mass is 32.2. The molecule has 4 heteroatoms. The summed E-state index contributed by atoms with van der Waals surface area (Å²) in [6.07, 6.45) is 8.41. The van der Waals surface area contributed by atoms with Crippen molar-refractivity contribution in [2.24, 2.45) is 0 Å². The molecule has 0 aromatic heterocycles. The lowest BCUT2D eigenvalue weighted by molar-refractivity contribution is 0.00260. The Kier molecular flexibility index (Phi) is 4.61. The highest BCUT2D eigenvalue weighted by molar-refractivity contribution is 7.84. The lowest BCUT2D eigenvalue weighted by Crippen LogP contribution is -2.59. The van der Waals surface area contributed by atoms with E-state index in [1.807, 2.05) is 6.26 Å². The molecular weight excluding hydrogens is 232 g/mol. The van der Waals surface area contributed by atoms with E-state index in [0.29, 0.717) is 12.1 Å². The van der Waals surface area contributed by atoms with Gasteiger partial charge in [-0.25, -0.2) is 0 Å². The van der Waals surface area contributed by atoms with E-state index >= 15 is 0 Å². The molecule has 2 aliphatic heterocycles. The van der Waals surface area contributed by atoms with Crippen LogP contribution in [0.3, 0.4) is 0 Å². The van der Waals surface area contributed by atoms with Crippen molar-refractivity contribution in [1.82, 2.24) is 10.2 Å². The van der Waals surface area contributed by atoms with Crippen LogP contribution < -0.4 is 5.32 Å². The molecule has 2 aliphatic rings. The average molecular weight is 258 g/mol. The molecule has 3 nitrogen and oxygen atoms in total. The largest absolute Gasteiger partial charge is 0.317 e. The Morgan fingerprint density at radius 2 is 1.94 bits per heavy atom. The standard InChI is InChI=1S/C13H26N2OS/c1-10(9-17(3)16)15-12-5-4-6-13(15)8-11(7-12)14-2/h10-14H,4-9H2,1-3H3. The maximum Gasteiger partial charge on any atom is 0.0385 e. The van der Waals surface area contributed by atoms with Gasteiger partial charge in [-0.15, -0.1) is 0 Å². The van der Waals surface area contributed by atoms with Crippen molar-refractivity contribution in [3.63, 3.8) is 0 Å². The zero-order valence-corrected chi connectivity index (χ0v) is 12.1. The predicted molar refractivity (Wildman–Crippen MR) is 73.7 cm³/mol. The van der Waals surface area contributed by atoms with Gasteiger partial charge in [0.25, 0.3) is 0 Å². The summed E-state index contributed by atoms with van der Waals surface area (Å²) in [5, 5.41) is 3.45. The van der Waals surface area contributed by atoms with Crippen LogP contribution in [0.15, 0.2) is 0 Å². The second-order valence-electron chi connectivity index (χ2n) is 5.73. The third-order valence-corrected chi connectivity index (χ3v) is 5.38. The zero-order chi connectivity index (χ0) is 12.4. The molecule has 0 aromatic carbocycles. The van der Waals surface area contributed by atoms with Crippen molar-refractivity contribution in [1.29, 1.82) is 0 Å². The summed E-state index contributed by atoms with van der Waals surface area (Å²) in [5.74, 6) is 0.831. The van der Waals surface area contributed by atoms with Crippen molar-refractivity contribution in [3.8, 4) is 0 Å². The number of nitrogens with zero attached hydrogens (tertiary/aromatic N) is 1. The van der Waals surface area contributed by atoms with Crippen LogP contribution in [0.1, 0.15) is 39.0 Å². The minimum Gasteiger partial charge on any atom is -0.317 e. The molecule has 2 fully saturated rings. The molecule has 4 atom stereocenters. The Bertz CT molecular complexity index is 271. The summed E-state index contributed by atoms with van der Waals surface area (Å²) in [4.78, 5) is 2.68. The third kappa shape index (κ3) is 3.09. The van der Waals surface area contributed by atoms with Crippen LogP contribution in [0.5, 0.6) is 0 Å². The van der Waals surface area contributed by atoms with Crippen molar-refractivity contribution in [3.05, 3.63) is 0 Å². The van der Waals surface area contributed by atoms with E-state index in [1.165, 1.54) is 32.1 Å². The van der Waals surface area contributed by atoms with E-state index < -0.39 is 10.8 Å². The molecule has 0 amide bonds. The van der Waals surface area contributed by atoms with Gasteiger partial charge in [0.1, 0.15) is 0 Å². The Labute approximate surface area is 108 Å². The summed E-state index contributed by atoms with van der Waals surface area (Å²) in [5.41, 5.74) is 0. The van der Waals surface area contributed by atoms with Gasteiger partial charge in [-0.05, 0) is 39.7 Å². The number of nitrogens with one attached hydrogen (secondary N) is 1. The van der Waals surface area contributed by atoms with Gasteiger partial charge in [0.05, 0.1) is 0 Å². The van der Waals surface area contributed by atoms with Gasteiger partial charge in [-0.2, -0.15) is 0 Å². The molecule has 100 valence electrons. The lowest BCUT2D eigenvalue weighted by atomic mass is 9.81. The molecule has 4 unspecified atom stereocenters. The third-order valence-electron chi connectivity index (χ3n) is 4.42. The van der Waals surface area contributed by atoms with Gasteiger partial charge in [0, 0.05) is 47.0 Å². The van der Waals surface area contributed by atoms with Crippen LogP contribution in [0.25, 0.3) is 0 Å². The highest BCUT2D eigenvalue weighted by Gasteiger charge is 2.39. The van der Waals surface area contributed by atoms with E-state index in [9.17, 15) is 4.21 Å². The number of hydrogen-bond donors (Lipinski definition) is 1. The van der Waals surface area contributed by atoms with Crippen LogP contribution in [-0.2, 0) is 10.8 Å². The second kappa shape index (κ2) is 5.81. The fourth-order valence-electron chi connectivity index (χ4n) is 3.80. The van der Waals surface area contributed by atoms with Crippen LogP contribution in [-0.4, -0.2) is 52.3 Å². The first-order valence-electron chi connectivity index (χ1n) is 6.86. The van der Waals surface area contributed by atoms with E-state index in [4.69, 9.17) is 0 Å². The predicted octanol–water partition coefficient (Wildman–Crippen LogP) is 1.36.